The average Bonchev–Trinajstić information content (AvgIpc) is 2.66. The summed E-state index contributed by atoms with van der Waals surface area (Å²) in [6.07, 6.45) is 2.05. The third-order valence-electron chi connectivity index (χ3n) is 4.41. The van der Waals surface area contributed by atoms with Gasteiger partial charge in [-0.15, -0.1) is 0 Å². The van der Waals surface area contributed by atoms with Crippen LogP contribution in [0.25, 0.3) is 0 Å². The highest BCUT2D eigenvalue weighted by Crippen LogP contribution is 2.30. The van der Waals surface area contributed by atoms with E-state index in [0.29, 0.717) is 17.8 Å². The second-order valence-corrected chi connectivity index (χ2v) is 6.94. The van der Waals surface area contributed by atoms with Crippen molar-refractivity contribution >= 4 is 29.1 Å². The van der Waals surface area contributed by atoms with Gasteiger partial charge >= 0.3 is 0 Å². The number of pyridine rings is 1. The van der Waals surface area contributed by atoms with E-state index in [2.05, 4.69) is 15.6 Å². The fraction of sp³-hybridized carbons (Fsp3) is 0.350. The maximum Gasteiger partial charge on any atom is 0.218 e. The maximum absolute atomic E-state index is 15.3. The first-order valence-electron chi connectivity index (χ1n) is 8.99. The number of nitrogens with zero attached hydrogens (tertiary/aromatic N) is 1. The first-order chi connectivity index (χ1) is 13.3. The van der Waals surface area contributed by atoms with Crippen LogP contribution in [0.15, 0.2) is 30.5 Å². The molecular weight excluding hydrogens is 383 g/mol. The molecule has 1 aromatic carbocycles. The summed E-state index contributed by atoms with van der Waals surface area (Å²) < 4.78 is 15.3. The quantitative estimate of drug-likeness (QED) is 0.544. The second kappa shape index (κ2) is 9.61. The molecule has 1 amide bonds. The molecule has 0 saturated carbocycles. The van der Waals surface area contributed by atoms with E-state index in [1.54, 1.807) is 32.2 Å². The van der Waals surface area contributed by atoms with E-state index >= 15 is 4.39 Å². The lowest BCUT2D eigenvalue weighted by Gasteiger charge is -2.23. The van der Waals surface area contributed by atoms with E-state index in [9.17, 15) is 9.59 Å². The summed E-state index contributed by atoms with van der Waals surface area (Å²) in [4.78, 5) is 28.1. The van der Waals surface area contributed by atoms with Crippen LogP contribution in [0.3, 0.4) is 0 Å². The standard InChI is InChI=1S/C20H24ClFN4O2.2H2/c1-4-15(26-11(2)9-16(23)27)13-6-7-14(21)18(19(13)22)20(28)12-5-8-17(24-3)25-10-12;;/h5-8,10-11,15,26H,4,9H2,1-3H3,(H2,23,27)(H,24,25);2*1H/t11-,15+;;/m0../s1. The lowest BCUT2D eigenvalue weighted by atomic mass is 9.96. The Morgan fingerprint density at radius 3 is 2.57 bits per heavy atom. The smallest absolute Gasteiger partial charge is 0.218 e. The van der Waals surface area contributed by atoms with Gasteiger partial charge < -0.3 is 16.4 Å². The van der Waals surface area contributed by atoms with Crippen LogP contribution < -0.4 is 16.4 Å². The number of primary amides is 1. The molecule has 0 saturated heterocycles. The number of nitrogens with one attached hydrogen (secondary N) is 2. The molecule has 2 rings (SSSR count). The van der Waals surface area contributed by atoms with Gasteiger partial charge in [-0.1, -0.05) is 24.6 Å². The molecule has 28 heavy (non-hydrogen) atoms. The van der Waals surface area contributed by atoms with Crippen molar-refractivity contribution in [2.24, 2.45) is 5.73 Å². The first kappa shape index (κ1) is 21.8. The number of benzene rings is 1. The Balaban J connectivity index is 0.00000420. The molecular formula is C20H28ClFN4O2. The van der Waals surface area contributed by atoms with Crippen molar-refractivity contribution in [2.75, 3.05) is 12.4 Å². The fourth-order valence-corrected chi connectivity index (χ4v) is 3.23. The fourth-order valence-electron chi connectivity index (χ4n) is 3.00. The van der Waals surface area contributed by atoms with Crippen molar-refractivity contribution in [3.8, 4) is 0 Å². The van der Waals surface area contributed by atoms with Gasteiger partial charge in [-0.3, -0.25) is 9.59 Å². The summed E-state index contributed by atoms with van der Waals surface area (Å²) in [5, 5.41) is 6.07. The third kappa shape index (κ3) is 5.05. The highest BCUT2D eigenvalue weighted by atomic mass is 35.5. The van der Waals surface area contributed by atoms with Gasteiger partial charge in [-0.25, -0.2) is 9.37 Å². The molecule has 0 spiro atoms. The molecule has 0 bridgehead atoms. The molecule has 2 atom stereocenters. The molecule has 0 radical (unpaired) electrons. The summed E-state index contributed by atoms with van der Waals surface area (Å²) in [7, 11) is 1.71. The van der Waals surface area contributed by atoms with Crippen LogP contribution in [-0.4, -0.2) is 29.8 Å². The van der Waals surface area contributed by atoms with Crippen molar-refractivity contribution in [3.63, 3.8) is 0 Å². The van der Waals surface area contributed by atoms with Gasteiger partial charge in [0.2, 0.25) is 5.91 Å². The molecule has 1 aromatic heterocycles. The minimum Gasteiger partial charge on any atom is -0.373 e. The zero-order valence-electron chi connectivity index (χ0n) is 16.1. The van der Waals surface area contributed by atoms with Crippen LogP contribution in [-0.2, 0) is 4.79 Å². The monoisotopic (exact) mass is 410 g/mol. The predicted octanol–water partition coefficient (Wildman–Crippen LogP) is 3.94. The van der Waals surface area contributed by atoms with Gasteiger partial charge in [0.1, 0.15) is 11.6 Å². The van der Waals surface area contributed by atoms with Gasteiger partial charge in [0.05, 0.1) is 10.6 Å². The molecule has 2 aromatic rings. The van der Waals surface area contributed by atoms with E-state index < -0.39 is 23.5 Å². The number of carbonyl (C=O) groups excluding carboxylic acids is 2. The van der Waals surface area contributed by atoms with E-state index in [1.165, 1.54) is 12.3 Å². The van der Waals surface area contributed by atoms with Crippen molar-refractivity contribution < 1.29 is 16.8 Å². The topological polar surface area (TPSA) is 97.1 Å². The predicted molar refractivity (Wildman–Crippen MR) is 112 cm³/mol. The van der Waals surface area contributed by atoms with Crippen LogP contribution in [0.4, 0.5) is 10.2 Å². The van der Waals surface area contributed by atoms with Gasteiger partial charge in [-0.05, 0) is 31.5 Å². The molecule has 8 heteroatoms. The Morgan fingerprint density at radius 1 is 1.32 bits per heavy atom. The second-order valence-electron chi connectivity index (χ2n) is 6.54. The van der Waals surface area contributed by atoms with Crippen LogP contribution in [0.5, 0.6) is 0 Å². The van der Waals surface area contributed by atoms with Gasteiger partial charge in [0.15, 0.2) is 5.78 Å². The summed E-state index contributed by atoms with van der Waals surface area (Å²) in [5.74, 6) is -1.07. The molecule has 0 fully saturated rings. The SMILES string of the molecule is CC[C@@H](N[C@@H](C)CC(N)=O)c1ccc(Cl)c(C(=O)c2ccc(NC)nc2)c1F.[HH].[HH]. The highest BCUT2D eigenvalue weighted by Gasteiger charge is 2.25. The number of rotatable bonds is 9. The summed E-state index contributed by atoms with van der Waals surface area (Å²) in [6.45, 7) is 3.67. The normalized spacial score (nSPS) is 13.0. The summed E-state index contributed by atoms with van der Waals surface area (Å²) in [5.41, 5.74) is 5.58. The van der Waals surface area contributed by atoms with E-state index in [4.69, 9.17) is 17.3 Å². The Hall–Kier alpha value is -2.51. The van der Waals surface area contributed by atoms with Crippen LogP contribution in [0.1, 0.15) is 57.1 Å². The molecule has 6 nitrogen and oxygen atoms in total. The van der Waals surface area contributed by atoms with E-state index in [0.717, 1.165) is 0 Å². The van der Waals surface area contributed by atoms with Gasteiger partial charge in [0, 0.05) is 45.7 Å². The molecule has 0 aliphatic carbocycles. The number of ketones is 1. The summed E-state index contributed by atoms with van der Waals surface area (Å²) >= 11 is 6.15. The highest BCUT2D eigenvalue weighted by molar-refractivity contribution is 6.35. The van der Waals surface area contributed by atoms with E-state index in [-0.39, 0.29) is 31.5 Å². The van der Waals surface area contributed by atoms with Gasteiger partial charge in [0.25, 0.3) is 0 Å². The Kier molecular flexibility index (Phi) is 7.48. The number of halogens is 2. The largest absolute Gasteiger partial charge is 0.373 e. The van der Waals surface area contributed by atoms with Crippen LogP contribution >= 0.6 is 11.6 Å². The first-order valence-corrected chi connectivity index (χ1v) is 9.37. The molecule has 0 aliphatic rings. The number of carbonyl (C=O) groups is 2. The van der Waals surface area contributed by atoms with Crippen molar-refractivity contribution in [3.05, 3.63) is 58.0 Å². The van der Waals surface area contributed by atoms with E-state index in [1.807, 2.05) is 6.92 Å². The number of hydrogen-bond donors (Lipinski definition) is 3. The molecule has 4 N–H and O–H groups in total. The van der Waals surface area contributed by atoms with Gasteiger partial charge in [-0.2, -0.15) is 0 Å². The number of hydrogen-bond acceptors (Lipinski definition) is 5. The lowest BCUT2D eigenvalue weighted by Crippen LogP contribution is -2.34. The third-order valence-corrected chi connectivity index (χ3v) is 4.72. The zero-order valence-corrected chi connectivity index (χ0v) is 16.8. The number of amides is 1. The van der Waals surface area contributed by atoms with Crippen molar-refractivity contribution in [2.45, 2.75) is 38.8 Å². The van der Waals surface area contributed by atoms with Crippen LogP contribution in [0.2, 0.25) is 5.02 Å². The average molecular weight is 411 g/mol. The molecule has 154 valence electrons. The minimum atomic E-state index is -0.680. The number of anilines is 1. The minimum absolute atomic E-state index is 0. The molecule has 0 aliphatic heterocycles. The summed E-state index contributed by atoms with van der Waals surface area (Å²) in [6, 6.07) is 5.61. The lowest BCUT2D eigenvalue weighted by molar-refractivity contribution is -0.118. The van der Waals surface area contributed by atoms with Crippen molar-refractivity contribution in [1.82, 2.24) is 10.3 Å². The molecule has 1 heterocycles. The Morgan fingerprint density at radius 2 is 2.04 bits per heavy atom. The zero-order chi connectivity index (χ0) is 20.8. The molecule has 0 unspecified atom stereocenters. The Bertz CT molecular complexity index is 869. The Labute approximate surface area is 171 Å². The maximum atomic E-state index is 15.3. The number of nitrogens with two attached hydrogens (primary N) is 1. The van der Waals surface area contributed by atoms with Crippen LogP contribution in [0, 0.1) is 5.82 Å². The van der Waals surface area contributed by atoms with Crippen molar-refractivity contribution in [1.29, 1.82) is 0 Å². The number of aromatic nitrogens is 1.